The number of benzene rings is 2. The van der Waals surface area contributed by atoms with E-state index in [1.54, 1.807) is 11.8 Å². The van der Waals surface area contributed by atoms with Crippen LogP contribution in [0.2, 0.25) is 0 Å². The van der Waals surface area contributed by atoms with Crippen LogP contribution in [0, 0.1) is 16.1 Å². The molecule has 9 heteroatoms. The Hall–Kier alpha value is -3.09. The highest BCUT2D eigenvalue weighted by Gasteiger charge is 2.11. The van der Waals surface area contributed by atoms with Crippen LogP contribution in [0.4, 0.5) is 0 Å². The molecule has 2 aromatic carbocycles. The average Bonchev–Trinajstić information content (AvgIpc) is 3.18. The lowest BCUT2D eigenvalue weighted by atomic mass is 10.1. The average molecular weight is 468 g/mol. The smallest absolute Gasteiger partial charge is 0.221 e. The van der Waals surface area contributed by atoms with Gasteiger partial charge in [0.2, 0.25) is 5.91 Å². The number of hydrogen-bond donors (Lipinski definition) is 2. The number of nitriles is 1. The number of H-pyrrole nitrogens is 1. The van der Waals surface area contributed by atoms with Gasteiger partial charge in [-0.15, -0.1) is 0 Å². The van der Waals surface area contributed by atoms with Crippen LogP contribution >= 0.6 is 24.0 Å². The van der Waals surface area contributed by atoms with Crippen LogP contribution in [-0.4, -0.2) is 39.6 Å². The zero-order valence-electron chi connectivity index (χ0n) is 17.8. The highest BCUT2D eigenvalue weighted by molar-refractivity contribution is 7.98. The normalized spacial score (nSPS) is 10.5. The summed E-state index contributed by atoms with van der Waals surface area (Å²) in [5.74, 6) is 2.97. The molecule has 0 fully saturated rings. The summed E-state index contributed by atoms with van der Waals surface area (Å²) in [6.45, 7) is 3.56. The van der Waals surface area contributed by atoms with Gasteiger partial charge in [-0.3, -0.25) is 14.5 Å². The molecule has 3 aromatic rings. The zero-order chi connectivity index (χ0) is 22.8. The fourth-order valence-electron chi connectivity index (χ4n) is 3.11. The van der Waals surface area contributed by atoms with E-state index in [-0.39, 0.29) is 5.91 Å². The van der Waals surface area contributed by atoms with Gasteiger partial charge in [-0.05, 0) is 55.0 Å². The number of aromatic amines is 1. The van der Waals surface area contributed by atoms with Gasteiger partial charge >= 0.3 is 0 Å². The molecule has 0 aliphatic carbocycles. The van der Waals surface area contributed by atoms with Gasteiger partial charge in [0, 0.05) is 36.6 Å². The van der Waals surface area contributed by atoms with Gasteiger partial charge < -0.3 is 10.1 Å². The Kier molecular flexibility index (Phi) is 8.90. The molecule has 3 rings (SSSR count). The van der Waals surface area contributed by atoms with Crippen LogP contribution in [-0.2, 0) is 17.1 Å². The molecule has 0 radical (unpaired) electrons. The molecule has 0 aliphatic heterocycles. The third-order valence-corrected chi connectivity index (χ3v) is 6.03. The molecule has 1 heterocycles. The third-order valence-electron chi connectivity index (χ3n) is 4.71. The number of carbonyl (C=O) groups excluding carboxylic acids is 1. The number of nitrogens with zero attached hydrogens (tertiary/aromatic N) is 3. The quantitative estimate of drug-likeness (QED) is 0.322. The van der Waals surface area contributed by atoms with Crippen LogP contribution in [0.5, 0.6) is 5.75 Å². The van der Waals surface area contributed by atoms with E-state index in [9.17, 15) is 4.79 Å². The van der Waals surface area contributed by atoms with Gasteiger partial charge in [0.15, 0.2) is 10.6 Å². The topological polar surface area (TPSA) is 95.7 Å². The highest BCUT2D eigenvalue weighted by atomic mass is 32.2. The number of rotatable bonds is 11. The largest absolute Gasteiger partial charge is 0.494 e. The number of amides is 1. The van der Waals surface area contributed by atoms with Crippen molar-refractivity contribution in [3.05, 3.63) is 64.4 Å². The molecule has 0 saturated carbocycles. The van der Waals surface area contributed by atoms with Gasteiger partial charge in [0.1, 0.15) is 5.75 Å². The van der Waals surface area contributed by atoms with Crippen molar-refractivity contribution in [1.82, 2.24) is 20.1 Å². The molecule has 1 amide bonds. The molecule has 1 aromatic heterocycles. The molecule has 0 aliphatic rings. The van der Waals surface area contributed by atoms with Gasteiger partial charge in [0.25, 0.3) is 0 Å². The maximum absolute atomic E-state index is 12.3. The van der Waals surface area contributed by atoms with Crippen molar-refractivity contribution in [3.8, 4) is 23.2 Å². The predicted octanol–water partition coefficient (Wildman–Crippen LogP) is 4.32. The van der Waals surface area contributed by atoms with Gasteiger partial charge in [-0.2, -0.15) is 22.1 Å². The number of ether oxygens (including phenoxy) is 1. The number of thioether (sulfide) groups is 1. The van der Waals surface area contributed by atoms with Crippen molar-refractivity contribution in [3.63, 3.8) is 0 Å². The molecular formula is C23H25N5O2S2. The molecule has 0 saturated heterocycles. The van der Waals surface area contributed by atoms with Crippen molar-refractivity contribution >= 4 is 29.9 Å². The summed E-state index contributed by atoms with van der Waals surface area (Å²) in [7, 11) is 0. The predicted molar refractivity (Wildman–Crippen MR) is 129 cm³/mol. The summed E-state index contributed by atoms with van der Waals surface area (Å²) in [5, 5.41) is 19.2. The SMILES string of the molecule is CCOc1ccc(-c2n[nH]c(=S)n2CCC(=O)NCCSCc2ccccc2C#N)cc1. The van der Waals surface area contributed by atoms with Crippen molar-refractivity contribution in [2.45, 2.75) is 25.6 Å². The van der Waals surface area contributed by atoms with E-state index in [2.05, 4.69) is 21.6 Å². The maximum Gasteiger partial charge on any atom is 0.221 e. The van der Waals surface area contributed by atoms with Crippen molar-refractivity contribution in [2.24, 2.45) is 0 Å². The Morgan fingerprint density at radius 3 is 2.81 bits per heavy atom. The van der Waals surface area contributed by atoms with E-state index in [0.29, 0.717) is 42.3 Å². The monoisotopic (exact) mass is 467 g/mol. The minimum absolute atomic E-state index is 0.0382. The highest BCUT2D eigenvalue weighted by Crippen LogP contribution is 2.21. The van der Waals surface area contributed by atoms with Crippen LogP contribution in [0.15, 0.2) is 48.5 Å². The lowest BCUT2D eigenvalue weighted by Crippen LogP contribution is -2.26. The molecule has 0 atom stereocenters. The second-order valence-electron chi connectivity index (χ2n) is 6.88. The second-order valence-corrected chi connectivity index (χ2v) is 8.37. The summed E-state index contributed by atoms with van der Waals surface area (Å²) in [5.41, 5.74) is 2.61. The molecule has 0 unspecified atom stereocenters. The molecule has 7 nitrogen and oxygen atoms in total. The van der Waals surface area contributed by atoms with Gasteiger partial charge in [-0.1, -0.05) is 18.2 Å². The first kappa shape index (κ1) is 23.6. The Morgan fingerprint density at radius 1 is 1.28 bits per heavy atom. The second kappa shape index (κ2) is 12.1. The van der Waals surface area contributed by atoms with Crippen LogP contribution < -0.4 is 10.1 Å². The fourth-order valence-corrected chi connectivity index (χ4v) is 4.20. The van der Waals surface area contributed by atoms with E-state index in [1.165, 1.54) is 0 Å². The first-order chi connectivity index (χ1) is 15.6. The Bertz CT molecular complexity index is 1130. The van der Waals surface area contributed by atoms with E-state index in [0.717, 1.165) is 28.4 Å². The molecule has 166 valence electrons. The molecule has 0 bridgehead atoms. The zero-order valence-corrected chi connectivity index (χ0v) is 19.5. The minimum Gasteiger partial charge on any atom is -0.494 e. The van der Waals surface area contributed by atoms with Crippen LogP contribution in [0.1, 0.15) is 24.5 Å². The van der Waals surface area contributed by atoms with E-state index in [4.69, 9.17) is 22.2 Å². The number of aromatic nitrogens is 3. The Morgan fingerprint density at radius 2 is 2.06 bits per heavy atom. The maximum atomic E-state index is 12.3. The van der Waals surface area contributed by atoms with Crippen LogP contribution in [0.3, 0.4) is 0 Å². The lowest BCUT2D eigenvalue weighted by molar-refractivity contribution is -0.121. The molecule has 2 N–H and O–H groups in total. The van der Waals surface area contributed by atoms with Gasteiger partial charge in [-0.25, -0.2) is 0 Å². The van der Waals surface area contributed by atoms with Gasteiger partial charge in [0.05, 0.1) is 18.2 Å². The van der Waals surface area contributed by atoms with E-state index >= 15 is 0 Å². The first-order valence-electron chi connectivity index (χ1n) is 10.3. The summed E-state index contributed by atoms with van der Waals surface area (Å²) >= 11 is 7.03. The molecular weight excluding hydrogens is 442 g/mol. The molecule has 32 heavy (non-hydrogen) atoms. The van der Waals surface area contributed by atoms with Crippen LogP contribution in [0.25, 0.3) is 11.4 Å². The Labute approximate surface area is 196 Å². The summed E-state index contributed by atoms with van der Waals surface area (Å²) in [4.78, 5) is 12.3. The summed E-state index contributed by atoms with van der Waals surface area (Å²) < 4.78 is 7.79. The van der Waals surface area contributed by atoms with Crippen molar-refractivity contribution in [2.75, 3.05) is 18.9 Å². The van der Waals surface area contributed by atoms with E-state index < -0.39 is 0 Å². The summed E-state index contributed by atoms with van der Waals surface area (Å²) in [6, 6.07) is 17.4. The Balaban J connectivity index is 1.45. The fraction of sp³-hybridized carbons (Fsp3) is 0.304. The standard InChI is InChI=1S/C23H25N5O2S2/c1-2-30-20-9-7-17(8-10-20)22-26-27-23(31)28(22)13-11-21(29)25-12-14-32-16-19-6-4-3-5-18(19)15-24/h3-10H,2,11-14,16H2,1H3,(H,25,29)(H,27,31). The van der Waals surface area contributed by atoms with E-state index in [1.807, 2.05) is 60.0 Å². The molecule has 0 spiro atoms. The van der Waals surface area contributed by atoms with Crippen molar-refractivity contribution in [1.29, 1.82) is 5.26 Å². The minimum atomic E-state index is -0.0382. The lowest BCUT2D eigenvalue weighted by Gasteiger charge is -2.09. The summed E-state index contributed by atoms with van der Waals surface area (Å²) in [6.07, 6.45) is 0.305. The first-order valence-corrected chi connectivity index (χ1v) is 11.9. The number of nitrogens with one attached hydrogen (secondary N) is 2. The number of carbonyl (C=O) groups is 1. The number of hydrogen-bond acceptors (Lipinski definition) is 6. The third kappa shape index (κ3) is 6.45. The van der Waals surface area contributed by atoms with Crippen molar-refractivity contribution < 1.29 is 9.53 Å².